The number of rotatable bonds is 6. The van der Waals surface area contributed by atoms with Gasteiger partial charge in [0.2, 0.25) is 5.95 Å². The second-order valence-corrected chi connectivity index (χ2v) is 8.32. The fourth-order valence-electron chi connectivity index (χ4n) is 3.85. The Labute approximate surface area is 206 Å². The molecule has 1 saturated heterocycles. The molecule has 1 aliphatic rings. The van der Waals surface area contributed by atoms with Crippen molar-refractivity contribution in [2.45, 2.75) is 13.5 Å². The van der Waals surface area contributed by atoms with Gasteiger partial charge in [-0.2, -0.15) is 0 Å². The third-order valence-corrected chi connectivity index (χ3v) is 5.86. The number of nitrogens with one attached hydrogen (secondary N) is 1. The van der Waals surface area contributed by atoms with Gasteiger partial charge in [-0.25, -0.2) is 40.4 Å². The molecule has 1 amide bonds. The van der Waals surface area contributed by atoms with E-state index in [0.717, 1.165) is 17.2 Å². The second-order valence-electron chi connectivity index (χ2n) is 8.32. The first kappa shape index (κ1) is 23.4. The molecule has 0 aromatic carbocycles. The van der Waals surface area contributed by atoms with Gasteiger partial charge < -0.3 is 19.1 Å². The van der Waals surface area contributed by atoms with E-state index >= 15 is 0 Å². The number of morpholine rings is 1. The van der Waals surface area contributed by atoms with Gasteiger partial charge in [-0.1, -0.05) is 0 Å². The number of fused-ring (bicyclic) bond motifs is 1. The summed E-state index contributed by atoms with van der Waals surface area (Å²) in [6.45, 7) is 4.82. The molecule has 186 valence electrons. The van der Waals surface area contributed by atoms with Gasteiger partial charge in [0.15, 0.2) is 22.8 Å². The quantitative estimate of drug-likeness (QED) is 0.284. The number of nitrogens with zero attached hydrogens (tertiary/aromatic N) is 10. The van der Waals surface area contributed by atoms with Gasteiger partial charge in [0.25, 0.3) is 5.91 Å². The van der Waals surface area contributed by atoms with Crippen LogP contribution in [0, 0.1) is 6.92 Å². The van der Waals surface area contributed by atoms with E-state index in [2.05, 4.69) is 24.8 Å². The van der Waals surface area contributed by atoms with E-state index in [1.807, 2.05) is 25.6 Å². The molecule has 1 aliphatic heterocycles. The molecular weight excluding hydrogens is 466 g/mol. The number of hydroxylamine groups is 1. The third kappa shape index (κ3) is 4.50. The van der Waals surface area contributed by atoms with Crippen molar-refractivity contribution in [3.63, 3.8) is 0 Å². The van der Waals surface area contributed by atoms with Gasteiger partial charge in [-0.3, -0.25) is 10.0 Å². The van der Waals surface area contributed by atoms with E-state index in [9.17, 15) is 4.79 Å². The molecular formula is C22H25N11O3. The lowest BCUT2D eigenvalue weighted by molar-refractivity contribution is 0.0705. The highest BCUT2D eigenvalue weighted by atomic mass is 16.5. The van der Waals surface area contributed by atoms with E-state index in [1.165, 1.54) is 12.4 Å². The highest BCUT2D eigenvalue weighted by Crippen LogP contribution is 2.28. The zero-order valence-corrected chi connectivity index (χ0v) is 20.1. The summed E-state index contributed by atoms with van der Waals surface area (Å²) in [5.41, 5.74) is 3.81. The van der Waals surface area contributed by atoms with Crippen LogP contribution in [-0.4, -0.2) is 83.9 Å². The summed E-state index contributed by atoms with van der Waals surface area (Å²) in [5.74, 6) is 2.38. The molecule has 36 heavy (non-hydrogen) atoms. The summed E-state index contributed by atoms with van der Waals surface area (Å²) in [4.78, 5) is 47.1. The number of hydrogen-bond acceptors (Lipinski definition) is 12. The maximum absolute atomic E-state index is 11.5. The number of carbonyl (C=O) groups is 1. The van der Waals surface area contributed by atoms with Crippen molar-refractivity contribution in [1.29, 1.82) is 0 Å². The molecule has 0 radical (unpaired) electrons. The Hall–Kier alpha value is -4.30. The van der Waals surface area contributed by atoms with Crippen LogP contribution in [0.2, 0.25) is 0 Å². The normalized spacial score (nSPS) is 13.7. The smallest absolute Gasteiger partial charge is 0.277 e. The van der Waals surface area contributed by atoms with Gasteiger partial charge in [0, 0.05) is 52.0 Å². The predicted molar refractivity (Wildman–Crippen MR) is 128 cm³/mol. The number of aromatic nitrogens is 8. The van der Waals surface area contributed by atoms with E-state index in [0.29, 0.717) is 61.6 Å². The standard InChI is InChI=1S/C22H25N11O3/c1-13-23-8-14(9-24-13)18-28-19-17(20(29-18)33-4-6-36-7-5-33)27-16(32(19)3)12-31(2)22-25-10-15(11-26-22)21(34)30-35/h8-11,35H,4-7,12H2,1-3H3,(H,30,34). The maximum Gasteiger partial charge on any atom is 0.277 e. The number of ether oxygens (including phenoxy) is 1. The summed E-state index contributed by atoms with van der Waals surface area (Å²) in [6.07, 6.45) is 6.12. The zero-order chi connectivity index (χ0) is 25.2. The summed E-state index contributed by atoms with van der Waals surface area (Å²) >= 11 is 0. The molecule has 5 heterocycles. The van der Waals surface area contributed by atoms with Crippen LogP contribution >= 0.6 is 0 Å². The van der Waals surface area contributed by atoms with Gasteiger partial charge >= 0.3 is 0 Å². The van der Waals surface area contributed by atoms with Crippen molar-refractivity contribution >= 4 is 28.8 Å². The molecule has 4 aromatic rings. The lowest BCUT2D eigenvalue weighted by Gasteiger charge is -2.28. The molecule has 0 unspecified atom stereocenters. The van der Waals surface area contributed by atoms with Gasteiger partial charge in [0.1, 0.15) is 11.6 Å². The summed E-state index contributed by atoms with van der Waals surface area (Å²) in [7, 11) is 3.73. The third-order valence-electron chi connectivity index (χ3n) is 5.86. The van der Waals surface area contributed by atoms with Crippen LogP contribution in [0.4, 0.5) is 11.8 Å². The molecule has 4 aromatic heterocycles. The van der Waals surface area contributed by atoms with Crippen LogP contribution in [-0.2, 0) is 18.3 Å². The van der Waals surface area contributed by atoms with Crippen LogP contribution < -0.4 is 15.3 Å². The fourth-order valence-corrected chi connectivity index (χ4v) is 3.85. The average molecular weight is 492 g/mol. The van der Waals surface area contributed by atoms with Crippen molar-refractivity contribution in [2.75, 3.05) is 43.2 Å². The number of anilines is 2. The fraction of sp³-hybridized carbons (Fsp3) is 0.364. The minimum absolute atomic E-state index is 0.149. The Morgan fingerprint density at radius 1 is 1.08 bits per heavy atom. The SMILES string of the molecule is Cc1ncc(-c2nc(N3CCOCC3)c3nc(CN(C)c4ncc(C(=O)NO)cn4)n(C)c3n2)cn1. The lowest BCUT2D eigenvalue weighted by atomic mass is 10.3. The molecule has 2 N–H and O–H groups in total. The first-order valence-electron chi connectivity index (χ1n) is 11.3. The molecule has 0 saturated carbocycles. The molecule has 14 heteroatoms. The summed E-state index contributed by atoms with van der Waals surface area (Å²) in [5, 5.41) is 8.78. The summed E-state index contributed by atoms with van der Waals surface area (Å²) in [6, 6.07) is 0. The maximum atomic E-state index is 11.5. The Bertz CT molecular complexity index is 1380. The molecule has 1 fully saturated rings. The number of aryl methyl sites for hydroxylation is 2. The van der Waals surface area contributed by atoms with E-state index < -0.39 is 5.91 Å². The largest absolute Gasteiger partial charge is 0.378 e. The van der Waals surface area contributed by atoms with Crippen LogP contribution in [0.25, 0.3) is 22.6 Å². The monoisotopic (exact) mass is 491 g/mol. The summed E-state index contributed by atoms with van der Waals surface area (Å²) < 4.78 is 7.45. The number of carbonyl (C=O) groups excluding carboxylic acids is 1. The molecule has 0 atom stereocenters. The Kier molecular flexibility index (Phi) is 6.35. The van der Waals surface area contributed by atoms with Crippen LogP contribution in [0.5, 0.6) is 0 Å². The zero-order valence-electron chi connectivity index (χ0n) is 20.1. The van der Waals surface area contributed by atoms with Crippen molar-refractivity contribution in [3.05, 3.63) is 42.0 Å². The minimum atomic E-state index is -0.677. The van der Waals surface area contributed by atoms with Crippen molar-refractivity contribution in [1.82, 2.24) is 44.9 Å². The first-order chi connectivity index (χ1) is 17.4. The van der Waals surface area contributed by atoms with E-state index in [4.69, 9.17) is 24.9 Å². The van der Waals surface area contributed by atoms with Crippen LogP contribution in [0.1, 0.15) is 22.0 Å². The van der Waals surface area contributed by atoms with Crippen molar-refractivity contribution in [3.8, 4) is 11.4 Å². The first-order valence-corrected chi connectivity index (χ1v) is 11.3. The Morgan fingerprint density at radius 3 is 2.44 bits per heavy atom. The molecule has 14 nitrogen and oxygen atoms in total. The molecule has 0 bridgehead atoms. The second kappa shape index (κ2) is 9.75. The van der Waals surface area contributed by atoms with Gasteiger partial charge in [-0.15, -0.1) is 0 Å². The number of hydrogen-bond donors (Lipinski definition) is 2. The molecule has 0 spiro atoms. The van der Waals surface area contributed by atoms with E-state index in [1.54, 1.807) is 22.8 Å². The highest BCUT2D eigenvalue weighted by Gasteiger charge is 2.23. The number of imidazole rings is 1. The average Bonchev–Trinajstić information content (AvgIpc) is 3.23. The molecule has 5 rings (SSSR count). The Morgan fingerprint density at radius 2 is 1.78 bits per heavy atom. The van der Waals surface area contributed by atoms with Crippen LogP contribution in [0.3, 0.4) is 0 Å². The lowest BCUT2D eigenvalue weighted by Crippen LogP contribution is -2.37. The van der Waals surface area contributed by atoms with E-state index in [-0.39, 0.29) is 5.56 Å². The van der Waals surface area contributed by atoms with Gasteiger partial charge in [-0.05, 0) is 6.92 Å². The molecule has 0 aliphatic carbocycles. The topological polar surface area (TPSA) is 160 Å². The van der Waals surface area contributed by atoms with Crippen molar-refractivity contribution in [2.24, 2.45) is 7.05 Å². The van der Waals surface area contributed by atoms with Gasteiger partial charge in [0.05, 0.1) is 30.9 Å². The predicted octanol–water partition coefficient (Wildman–Crippen LogP) is 0.511. The highest BCUT2D eigenvalue weighted by molar-refractivity contribution is 5.92. The number of amides is 1. The van der Waals surface area contributed by atoms with Crippen molar-refractivity contribution < 1.29 is 14.7 Å². The Balaban J connectivity index is 1.52. The minimum Gasteiger partial charge on any atom is -0.378 e. The van der Waals surface area contributed by atoms with Crippen LogP contribution in [0.15, 0.2) is 24.8 Å².